The molecule has 1 heterocycles. The molecular weight excluding hydrogens is 280 g/mol. The second-order valence-corrected chi connectivity index (χ2v) is 6.48. The molecule has 1 atom stereocenters. The molecule has 0 radical (unpaired) electrons. The average molecular weight is 302 g/mol. The summed E-state index contributed by atoms with van der Waals surface area (Å²) in [6.45, 7) is 0.894. The van der Waals surface area contributed by atoms with E-state index in [1.165, 1.54) is 0 Å². The van der Waals surface area contributed by atoms with Crippen molar-refractivity contribution in [3.05, 3.63) is 30.3 Å². The molecule has 0 unspecified atom stereocenters. The van der Waals surface area contributed by atoms with Crippen molar-refractivity contribution in [2.45, 2.75) is 31.8 Å². The third kappa shape index (κ3) is 3.14. The summed E-state index contributed by atoms with van der Waals surface area (Å²) in [5.74, 6) is -0.0951. The number of hydrogen-bond acceptors (Lipinski definition) is 4. The predicted octanol–water partition coefficient (Wildman–Crippen LogP) is 2.04. The highest BCUT2D eigenvalue weighted by molar-refractivity contribution is 5.92. The molecule has 5 nitrogen and oxygen atoms in total. The highest BCUT2D eigenvalue weighted by Crippen LogP contribution is 2.50. The first-order valence-corrected chi connectivity index (χ1v) is 7.82. The molecule has 3 rings (SSSR count). The molecule has 0 aromatic heterocycles. The molecular formula is C17H22N2O3. The largest absolute Gasteiger partial charge is 0.461 e. The van der Waals surface area contributed by atoms with Gasteiger partial charge in [-0.15, -0.1) is 0 Å². The third-order valence-corrected chi connectivity index (χ3v) is 4.62. The molecule has 5 heteroatoms. The van der Waals surface area contributed by atoms with Crippen LogP contribution < -0.4 is 5.32 Å². The van der Waals surface area contributed by atoms with Gasteiger partial charge < -0.3 is 10.1 Å². The first kappa shape index (κ1) is 15.0. The van der Waals surface area contributed by atoms with E-state index in [-0.39, 0.29) is 29.9 Å². The van der Waals surface area contributed by atoms with Gasteiger partial charge in [0.2, 0.25) is 5.91 Å². The fourth-order valence-electron chi connectivity index (χ4n) is 3.33. The Morgan fingerprint density at radius 3 is 2.68 bits per heavy atom. The molecule has 1 aromatic carbocycles. The number of esters is 1. The molecule has 1 saturated heterocycles. The van der Waals surface area contributed by atoms with Crippen LogP contribution in [0.2, 0.25) is 0 Å². The zero-order chi connectivity index (χ0) is 15.6. The molecule has 1 saturated carbocycles. The summed E-state index contributed by atoms with van der Waals surface area (Å²) in [5, 5.41) is 2.86. The number of nitrogens with one attached hydrogen (secondary N) is 1. The maximum atomic E-state index is 12.0. The smallest absolute Gasteiger partial charge is 0.312 e. The van der Waals surface area contributed by atoms with Crippen LogP contribution in [0.5, 0.6) is 0 Å². The number of hydrogen-bond donors (Lipinski definition) is 1. The van der Waals surface area contributed by atoms with Gasteiger partial charge in [0.1, 0.15) is 6.10 Å². The van der Waals surface area contributed by atoms with E-state index < -0.39 is 0 Å². The fourth-order valence-corrected chi connectivity index (χ4v) is 3.33. The van der Waals surface area contributed by atoms with Crippen LogP contribution in [0.3, 0.4) is 0 Å². The first-order valence-electron chi connectivity index (χ1n) is 7.82. The highest BCUT2D eigenvalue weighted by atomic mass is 16.6. The number of carbonyl (C=O) groups is 2. The monoisotopic (exact) mass is 302 g/mol. The minimum absolute atomic E-state index is 0.0362. The van der Waals surface area contributed by atoms with Gasteiger partial charge in [0.05, 0.1) is 12.0 Å². The fraction of sp³-hybridized carbons (Fsp3) is 0.529. The number of ether oxygens (including phenoxy) is 1. The van der Waals surface area contributed by atoms with E-state index in [1.54, 1.807) is 0 Å². The van der Waals surface area contributed by atoms with E-state index in [4.69, 9.17) is 4.74 Å². The second-order valence-electron chi connectivity index (χ2n) is 6.48. The zero-order valence-corrected chi connectivity index (χ0v) is 12.9. The van der Waals surface area contributed by atoms with Gasteiger partial charge in [0, 0.05) is 18.7 Å². The van der Waals surface area contributed by atoms with E-state index in [1.807, 2.05) is 42.3 Å². The van der Waals surface area contributed by atoms with Gasteiger partial charge in [-0.1, -0.05) is 24.6 Å². The maximum Gasteiger partial charge on any atom is 0.312 e. The third-order valence-electron chi connectivity index (χ3n) is 4.62. The van der Waals surface area contributed by atoms with Gasteiger partial charge in [0.15, 0.2) is 0 Å². The van der Waals surface area contributed by atoms with Crippen molar-refractivity contribution in [3.8, 4) is 0 Å². The van der Waals surface area contributed by atoms with Crippen LogP contribution >= 0.6 is 0 Å². The van der Waals surface area contributed by atoms with Gasteiger partial charge in [-0.25, -0.2) is 0 Å². The SMILES string of the molecule is CN(CC(=O)Nc1ccccc1)C[C@H]1CC2(CCC2)C(=O)O1. The molecule has 1 aliphatic heterocycles. The van der Waals surface area contributed by atoms with Gasteiger partial charge in [0.25, 0.3) is 0 Å². The van der Waals surface area contributed by atoms with Crippen molar-refractivity contribution < 1.29 is 14.3 Å². The number of amides is 1. The van der Waals surface area contributed by atoms with Crippen molar-refractivity contribution in [1.82, 2.24) is 4.90 Å². The van der Waals surface area contributed by atoms with Gasteiger partial charge in [-0.3, -0.25) is 14.5 Å². The Bertz CT molecular complexity index is 554. The molecule has 1 amide bonds. The summed E-state index contributed by atoms with van der Waals surface area (Å²) >= 11 is 0. The van der Waals surface area contributed by atoms with Crippen LogP contribution in [0.4, 0.5) is 5.69 Å². The lowest BCUT2D eigenvalue weighted by atomic mass is 9.67. The lowest BCUT2D eigenvalue weighted by molar-refractivity contribution is -0.152. The van der Waals surface area contributed by atoms with Crippen LogP contribution in [0, 0.1) is 5.41 Å². The summed E-state index contributed by atoms with van der Waals surface area (Å²) in [5.41, 5.74) is 0.597. The molecule has 2 fully saturated rings. The minimum atomic E-state index is -0.197. The molecule has 22 heavy (non-hydrogen) atoms. The van der Waals surface area contributed by atoms with Crippen molar-refractivity contribution in [2.75, 3.05) is 25.5 Å². The number of nitrogens with zero attached hydrogens (tertiary/aromatic N) is 1. The molecule has 1 aliphatic carbocycles. The summed E-state index contributed by atoms with van der Waals surface area (Å²) in [6.07, 6.45) is 3.76. The van der Waals surface area contributed by atoms with Crippen molar-refractivity contribution >= 4 is 17.6 Å². The van der Waals surface area contributed by atoms with Crippen LogP contribution in [-0.4, -0.2) is 43.0 Å². The Morgan fingerprint density at radius 2 is 2.09 bits per heavy atom. The number of para-hydroxylation sites is 1. The van der Waals surface area contributed by atoms with Crippen LogP contribution in [0.15, 0.2) is 30.3 Å². The summed E-state index contributed by atoms with van der Waals surface area (Å²) in [6, 6.07) is 9.39. The number of cyclic esters (lactones) is 1. The normalized spacial score (nSPS) is 22.5. The average Bonchev–Trinajstić information content (AvgIpc) is 2.76. The number of carbonyl (C=O) groups excluding carboxylic acids is 2. The number of benzene rings is 1. The van der Waals surface area contributed by atoms with Crippen molar-refractivity contribution in [2.24, 2.45) is 5.41 Å². The van der Waals surface area contributed by atoms with E-state index in [9.17, 15) is 9.59 Å². The Labute approximate surface area is 130 Å². The van der Waals surface area contributed by atoms with Gasteiger partial charge in [-0.05, 0) is 32.0 Å². The Morgan fingerprint density at radius 1 is 1.36 bits per heavy atom. The summed E-state index contributed by atoms with van der Waals surface area (Å²) in [4.78, 5) is 25.8. The quantitative estimate of drug-likeness (QED) is 0.846. The Balaban J connectivity index is 1.45. The molecule has 1 spiro atoms. The molecule has 0 bridgehead atoms. The minimum Gasteiger partial charge on any atom is -0.461 e. The number of rotatable bonds is 5. The van der Waals surface area contributed by atoms with Crippen LogP contribution in [0.25, 0.3) is 0 Å². The first-order chi connectivity index (χ1) is 10.6. The Kier molecular flexibility index (Phi) is 4.16. The second kappa shape index (κ2) is 6.08. The van der Waals surface area contributed by atoms with Crippen molar-refractivity contribution in [3.63, 3.8) is 0 Å². The van der Waals surface area contributed by atoms with Crippen LogP contribution in [0.1, 0.15) is 25.7 Å². The lowest BCUT2D eigenvalue weighted by Gasteiger charge is -2.33. The summed E-state index contributed by atoms with van der Waals surface area (Å²) in [7, 11) is 1.88. The Hall–Kier alpha value is -1.88. The molecule has 118 valence electrons. The van der Waals surface area contributed by atoms with Gasteiger partial charge in [-0.2, -0.15) is 0 Å². The van der Waals surface area contributed by atoms with Crippen molar-refractivity contribution in [1.29, 1.82) is 0 Å². The highest BCUT2D eigenvalue weighted by Gasteiger charge is 2.52. The standard InChI is InChI=1S/C17H22N2O3/c1-19(12-15(20)18-13-6-3-2-4-7-13)11-14-10-17(8-5-9-17)16(21)22-14/h2-4,6-7,14H,5,8-12H2,1H3,(H,18,20)/t14-/m1/s1. The summed E-state index contributed by atoms with van der Waals surface area (Å²) < 4.78 is 5.48. The predicted molar refractivity (Wildman–Crippen MR) is 83.3 cm³/mol. The molecule has 2 aliphatic rings. The lowest BCUT2D eigenvalue weighted by Crippen LogP contribution is -2.36. The molecule has 1 N–H and O–H groups in total. The van der Waals surface area contributed by atoms with E-state index in [0.717, 1.165) is 31.4 Å². The van der Waals surface area contributed by atoms with Gasteiger partial charge >= 0.3 is 5.97 Å². The van der Waals surface area contributed by atoms with E-state index >= 15 is 0 Å². The van der Waals surface area contributed by atoms with E-state index in [0.29, 0.717) is 6.54 Å². The van der Waals surface area contributed by atoms with Crippen LogP contribution in [-0.2, 0) is 14.3 Å². The molecule has 1 aromatic rings. The number of anilines is 1. The zero-order valence-electron chi connectivity index (χ0n) is 12.9. The number of likely N-dealkylation sites (N-methyl/N-ethyl adjacent to an activating group) is 1. The topological polar surface area (TPSA) is 58.6 Å². The van der Waals surface area contributed by atoms with E-state index in [2.05, 4.69) is 5.32 Å². The maximum absolute atomic E-state index is 12.0.